The van der Waals surface area contributed by atoms with E-state index in [0.29, 0.717) is 35.4 Å². The average Bonchev–Trinajstić information content (AvgIpc) is 3.50. The van der Waals surface area contributed by atoms with Crippen molar-refractivity contribution in [3.63, 3.8) is 0 Å². The van der Waals surface area contributed by atoms with Crippen LogP contribution in [0.15, 0.2) is 64.9 Å². The molecule has 1 fully saturated rings. The highest BCUT2D eigenvalue weighted by molar-refractivity contribution is 7.91. The molecule has 0 N–H and O–H groups in total. The highest BCUT2D eigenvalue weighted by Crippen LogP contribution is 2.35. The summed E-state index contributed by atoms with van der Waals surface area (Å²) in [6, 6.07) is 18.9. The van der Waals surface area contributed by atoms with Crippen molar-refractivity contribution in [2.45, 2.75) is 30.5 Å². The van der Waals surface area contributed by atoms with Crippen molar-refractivity contribution >= 4 is 65.6 Å². The van der Waals surface area contributed by atoms with Gasteiger partial charge < -0.3 is 0 Å². The van der Waals surface area contributed by atoms with Crippen molar-refractivity contribution in [1.29, 1.82) is 0 Å². The Balaban J connectivity index is 1.46. The number of carbonyl (C=O) groups excluding carboxylic acids is 1. The van der Waals surface area contributed by atoms with Gasteiger partial charge in [0.15, 0.2) is 5.13 Å². The molecule has 0 aliphatic carbocycles. The molecule has 5 rings (SSSR count). The summed E-state index contributed by atoms with van der Waals surface area (Å²) < 4.78 is 29.5. The molecular formula is C25H24ClN3O3S3. The Morgan fingerprint density at radius 2 is 1.91 bits per heavy atom. The van der Waals surface area contributed by atoms with Crippen LogP contribution in [0.3, 0.4) is 0 Å². The highest BCUT2D eigenvalue weighted by atomic mass is 35.5. The van der Waals surface area contributed by atoms with Gasteiger partial charge in [0.25, 0.3) is 10.0 Å². The lowest BCUT2D eigenvalue weighted by Crippen LogP contribution is -2.46. The molecule has 1 aliphatic rings. The van der Waals surface area contributed by atoms with Crippen LogP contribution in [0.1, 0.15) is 24.0 Å². The molecule has 0 bridgehead atoms. The zero-order valence-corrected chi connectivity index (χ0v) is 22.3. The van der Waals surface area contributed by atoms with Gasteiger partial charge in [0.05, 0.1) is 27.0 Å². The fourth-order valence-electron chi connectivity index (χ4n) is 4.34. The zero-order valence-electron chi connectivity index (χ0n) is 19.1. The maximum atomic E-state index is 13.9. The Morgan fingerprint density at radius 1 is 1.11 bits per heavy atom. The third-order valence-electron chi connectivity index (χ3n) is 6.17. The zero-order chi connectivity index (χ0) is 24.6. The van der Waals surface area contributed by atoms with E-state index in [9.17, 15) is 13.2 Å². The SMILES string of the molecule is Cc1cccc2sc(N(Cc3ccccc3)C(=O)C3CCCN(S(=O)(=O)c4ccc(Cl)s4)C3)nc12. The third kappa shape index (κ3) is 5.01. The summed E-state index contributed by atoms with van der Waals surface area (Å²) in [7, 11) is -3.70. The molecule has 0 spiro atoms. The molecule has 1 amide bonds. The van der Waals surface area contributed by atoms with Crippen molar-refractivity contribution in [3.8, 4) is 0 Å². The van der Waals surface area contributed by atoms with E-state index in [4.69, 9.17) is 16.6 Å². The maximum Gasteiger partial charge on any atom is 0.252 e. The van der Waals surface area contributed by atoms with Crippen LogP contribution < -0.4 is 4.90 Å². The van der Waals surface area contributed by atoms with E-state index in [0.717, 1.165) is 32.7 Å². The van der Waals surface area contributed by atoms with E-state index in [2.05, 4.69) is 0 Å². The first-order valence-corrected chi connectivity index (χ1v) is 14.7. The lowest BCUT2D eigenvalue weighted by atomic mass is 9.98. The standard InChI is InChI=1S/C25H24ClN3O3S3/c1-17-7-5-11-20-23(17)27-25(33-20)29(15-18-8-3-2-4-9-18)24(30)19-10-6-14-28(16-19)35(31,32)22-13-12-21(26)34-22/h2-5,7-9,11-13,19H,6,10,14-16H2,1H3. The number of hydrogen-bond acceptors (Lipinski definition) is 6. The number of nitrogens with zero attached hydrogens (tertiary/aromatic N) is 3. The summed E-state index contributed by atoms with van der Waals surface area (Å²) >= 11 is 8.51. The van der Waals surface area contributed by atoms with Crippen LogP contribution in [0, 0.1) is 12.8 Å². The summed E-state index contributed by atoms with van der Waals surface area (Å²) in [6.45, 7) is 2.92. The number of benzene rings is 2. The summed E-state index contributed by atoms with van der Waals surface area (Å²) in [4.78, 5) is 20.5. The molecule has 6 nitrogen and oxygen atoms in total. The molecule has 3 heterocycles. The van der Waals surface area contributed by atoms with Gasteiger partial charge in [-0.25, -0.2) is 13.4 Å². The number of piperidine rings is 1. The predicted molar refractivity (Wildman–Crippen MR) is 143 cm³/mol. The Hall–Kier alpha value is -2.30. The number of rotatable bonds is 6. The Labute approximate surface area is 217 Å². The second-order valence-electron chi connectivity index (χ2n) is 8.59. The van der Waals surface area contributed by atoms with Crippen LogP contribution in [0.4, 0.5) is 5.13 Å². The van der Waals surface area contributed by atoms with Gasteiger partial charge in [0.1, 0.15) is 4.21 Å². The number of fused-ring (bicyclic) bond motifs is 1. The smallest absolute Gasteiger partial charge is 0.252 e. The number of thiazole rings is 1. The molecule has 0 saturated carbocycles. The number of amides is 1. The van der Waals surface area contributed by atoms with Gasteiger partial charge in [-0.3, -0.25) is 9.69 Å². The Bertz CT molecular complexity index is 1470. The summed E-state index contributed by atoms with van der Waals surface area (Å²) in [5.74, 6) is -0.555. The lowest BCUT2D eigenvalue weighted by Gasteiger charge is -2.33. The van der Waals surface area contributed by atoms with Crippen LogP contribution in [0.2, 0.25) is 4.34 Å². The minimum absolute atomic E-state index is 0.102. The molecule has 182 valence electrons. The van der Waals surface area contributed by atoms with Crippen molar-refractivity contribution in [2.24, 2.45) is 5.92 Å². The Morgan fingerprint density at radius 3 is 2.63 bits per heavy atom. The number of thiophene rings is 1. The first-order valence-electron chi connectivity index (χ1n) is 11.3. The van der Waals surface area contributed by atoms with Gasteiger partial charge in [-0.2, -0.15) is 4.31 Å². The van der Waals surface area contributed by atoms with E-state index < -0.39 is 15.9 Å². The van der Waals surface area contributed by atoms with Crippen molar-refractivity contribution in [2.75, 3.05) is 18.0 Å². The van der Waals surface area contributed by atoms with Crippen LogP contribution >= 0.6 is 34.3 Å². The van der Waals surface area contributed by atoms with Gasteiger partial charge in [0, 0.05) is 13.1 Å². The Kier molecular flexibility index (Phi) is 6.96. The predicted octanol–water partition coefficient (Wildman–Crippen LogP) is 5.95. The van der Waals surface area contributed by atoms with Crippen molar-refractivity contribution < 1.29 is 13.2 Å². The van der Waals surface area contributed by atoms with E-state index in [-0.39, 0.29) is 16.7 Å². The molecule has 1 aliphatic heterocycles. The number of aromatic nitrogens is 1. The third-order valence-corrected chi connectivity index (χ3v) is 10.8. The van der Waals surface area contributed by atoms with Crippen LogP contribution in [0.25, 0.3) is 10.2 Å². The molecule has 0 radical (unpaired) electrons. The molecule has 1 unspecified atom stereocenters. The van der Waals surface area contributed by atoms with Gasteiger partial charge in [-0.1, -0.05) is 65.4 Å². The van der Waals surface area contributed by atoms with E-state index in [1.54, 1.807) is 11.0 Å². The van der Waals surface area contributed by atoms with Gasteiger partial charge >= 0.3 is 0 Å². The highest BCUT2D eigenvalue weighted by Gasteiger charge is 2.36. The number of carbonyl (C=O) groups is 1. The monoisotopic (exact) mass is 545 g/mol. The van der Waals surface area contributed by atoms with Crippen molar-refractivity contribution in [1.82, 2.24) is 9.29 Å². The second-order valence-corrected chi connectivity index (χ2v) is 13.5. The number of hydrogen-bond donors (Lipinski definition) is 0. The maximum absolute atomic E-state index is 13.9. The molecular weight excluding hydrogens is 522 g/mol. The van der Waals surface area contributed by atoms with E-state index >= 15 is 0 Å². The molecule has 4 aromatic rings. The van der Waals surface area contributed by atoms with Gasteiger partial charge in [-0.15, -0.1) is 11.3 Å². The van der Waals surface area contributed by atoms with Gasteiger partial charge in [-0.05, 0) is 49.1 Å². The van der Waals surface area contributed by atoms with Crippen LogP contribution in [-0.2, 0) is 21.4 Å². The molecule has 1 atom stereocenters. The molecule has 10 heteroatoms. The molecule has 1 saturated heterocycles. The minimum atomic E-state index is -3.70. The topological polar surface area (TPSA) is 70.6 Å². The lowest BCUT2D eigenvalue weighted by molar-refractivity contribution is -0.123. The molecule has 35 heavy (non-hydrogen) atoms. The summed E-state index contributed by atoms with van der Waals surface area (Å²) in [5.41, 5.74) is 2.94. The number of aryl methyl sites for hydroxylation is 1. The number of para-hydroxylation sites is 1. The summed E-state index contributed by atoms with van der Waals surface area (Å²) in [6.07, 6.45) is 1.25. The second kappa shape index (κ2) is 9.99. The molecule has 2 aromatic carbocycles. The number of anilines is 1. The largest absolute Gasteiger partial charge is 0.283 e. The molecule has 2 aromatic heterocycles. The van der Waals surface area contributed by atoms with E-state index in [1.165, 1.54) is 21.7 Å². The average molecular weight is 546 g/mol. The fraction of sp³-hybridized carbons (Fsp3) is 0.280. The number of sulfonamides is 1. The first-order chi connectivity index (χ1) is 16.8. The van der Waals surface area contributed by atoms with E-state index in [1.807, 2.05) is 55.5 Å². The number of halogens is 1. The van der Waals surface area contributed by atoms with Crippen molar-refractivity contribution in [3.05, 3.63) is 76.1 Å². The minimum Gasteiger partial charge on any atom is -0.283 e. The normalized spacial score (nSPS) is 17.0. The first kappa shape index (κ1) is 24.4. The van der Waals surface area contributed by atoms with Crippen LogP contribution in [0.5, 0.6) is 0 Å². The van der Waals surface area contributed by atoms with Crippen LogP contribution in [-0.4, -0.2) is 36.7 Å². The summed E-state index contributed by atoms with van der Waals surface area (Å²) in [5, 5.41) is 0.633. The van der Waals surface area contributed by atoms with Gasteiger partial charge in [0.2, 0.25) is 5.91 Å². The quantitative estimate of drug-likeness (QED) is 0.300. The fourth-order valence-corrected chi connectivity index (χ4v) is 8.55.